The molecule has 1 N–H and O–H groups in total. The Hall–Kier alpha value is -0.760. The molecule has 0 atom stereocenters. The highest BCUT2D eigenvalue weighted by atomic mass is 16.6. The van der Waals surface area contributed by atoms with Crippen LogP contribution in [0.15, 0.2) is 24.4 Å². The molecule has 0 bridgehead atoms. The maximum absolute atomic E-state index is 4.52. The van der Waals surface area contributed by atoms with E-state index in [1.807, 2.05) is 52.8 Å². The standard InChI is InChI=1S/C6H11NO.2C2H6/c1-3-4-5-6-7-8-2;2*1-2/h3-7H,1-2H3;2*1-2H3/b4-3-,6-5-;;. The molecule has 0 rings (SSSR count). The second-order valence-electron chi connectivity index (χ2n) is 1.21. The molecule has 0 aromatic rings. The van der Waals surface area contributed by atoms with E-state index in [2.05, 4.69) is 10.3 Å². The van der Waals surface area contributed by atoms with Gasteiger partial charge in [0.2, 0.25) is 0 Å². The first-order valence-electron chi connectivity index (χ1n) is 4.48. The molecule has 0 saturated heterocycles. The molecular formula is C10H23NO. The molecule has 0 amide bonds. The Morgan fingerprint density at radius 2 is 1.50 bits per heavy atom. The number of hydroxylamine groups is 1. The Kier molecular flexibility index (Phi) is 46.1. The predicted octanol–water partition coefficient (Wildman–Crippen LogP) is 3.28. The molecule has 0 aromatic heterocycles. The van der Waals surface area contributed by atoms with E-state index >= 15 is 0 Å². The normalized spacial score (nSPS) is 8.50. The number of rotatable bonds is 3. The molecule has 0 unspecified atom stereocenters. The Labute approximate surface area is 77.3 Å². The van der Waals surface area contributed by atoms with Crippen molar-refractivity contribution in [1.82, 2.24) is 5.48 Å². The van der Waals surface area contributed by atoms with Crippen molar-refractivity contribution in [2.45, 2.75) is 34.6 Å². The highest BCUT2D eigenvalue weighted by Gasteiger charge is 1.60. The van der Waals surface area contributed by atoms with Crippen LogP contribution in [-0.2, 0) is 4.84 Å². The van der Waals surface area contributed by atoms with Gasteiger partial charge in [-0.05, 0) is 13.0 Å². The molecule has 0 aliphatic heterocycles. The van der Waals surface area contributed by atoms with Crippen molar-refractivity contribution < 1.29 is 4.84 Å². The first kappa shape index (κ1) is 17.4. The zero-order chi connectivity index (χ0) is 10.2. The van der Waals surface area contributed by atoms with Gasteiger partial charge in [-0.25, -0.2) is 0 Å². The van der Waals surface area contributed by atoms with Gasteiger partial charge in [-0.1, -0.05) is 39.8 Å². The first-order valence-corrected chi connectivity index (χ1v) is 4.48. The fourth-order valence-electron chi connectivity index (χ4n) is 0.274. The van der Waals surface area contributed by atoms with Crippen LogP contribution >= 0.6 is 0 Å². The molecule has 0 saturated carbocycles. The van der Waals surface area contributed by atoms with Gasteiger partial charge in [0.05, 0.1) is 7.11 Å². The molecule has 2 heteroatoms. The van der Waals surface area contributed by atoms with Gasteiger partial charge in [-0.2, -0.15) is 0 Å². The van der Waals surface area contributed by atoms with Gasteiger partial charge in [-0.15, -0.1) is 0 Å². The van der Waals surface area contributed by atoms with Crippen molar-refractivity contribution in [3.8, 4) is 0 Å². The van der Waals surface area contributed by atoms with Gasteiger partial charge in [0.1, 0.15) is 0 Å². The molecule has 0 heterocycles. The van der Waals surface area contributed by atoms with Crippen LogP contribution < -0.4 is 5.48 Å². The van der Waals surface area contributed by atoms with Gasteiger partial charge < -0.3 is 0 Å². The number of hydrogen-bond donors (Lipinski definition) is 1. The SMILES string of the molecule is C/C=C\C=C/NOC.CC.CC. The molecule has 0 aliphatic carbocycles. The van der Waals surface area contributed by atoms with Crippen LogP contribution in [0.3, 0.4) is 0 Å². The lowest BCUT2D eigenvalue weighted by atomic mass is 10.5. The average molecular weight is 173 g/mol. The summed E-state index contributed by atoms with van der Waals surface area (Å²) in [6, 6.07) is 0. The maximum Gasteiger partial charge on any atom is 0.0636 e. The van der Waals surface area contributed by atoms with E-state index in [0.29, 0.717) is 0 Å². The third-order valence-electron chi connectivity index (χ3n) is 0.586. The summed E-state index contributed by atoms with van der Waals surface area (Å²) in [6.45, 7) is 9.96. The van der Waals surface area contributed by atoms with Gasteiger partial charge in [0.25, 0.3) is 0 Å². The Morgan fingerprint density at radius 1 is 1.00 bits per heavy atom. The van der Waals surface area contributed by atoms with Gasteiger partial charge in [-0.3, -0.25) is 10.3 Å². The van der Waals surface area contributed by atoms with Gasteiger partial charge >= 0.3 is 0 Å². The lowest BCUT2D eigenvalue weighted by Gasteiger charge is -1.88. The van der Waals surface area contributed by atoms with Crippen molar-refractivity contribution >= 4 is 0 Å². The molecule has 0 aliphatic rings. The lowest BCUT2D eigenvalue weighted by Crippen LogP contribution is -1.99. The van der Waals surface area contributed by atoms with E-state index in [1.165, 1.54) is 0 Å². The highest BCUT2D eigenvalue weighted by Crippen LogP contribution is 1.71. The summed E-state index contributed by atoms with van der Waals surface area (Å²) in [4.78, 5) is 4.52. The maximum atomic E-state index is 4.52. The number of nitrogens with one attached hydrogen (secondary N) is 1. The zero-order valence-corrected chi connectivity index (χ0v) is 9.22. The third-order valence-corrected chi connectivity index (χ3v) is 0.586. The molecule has 0 spiro atoms. The second kappa shape index (κ2) is 31.8. The topological polar surface area (TPSA) is 21.3 Å². The summed E-state index contributed by atoms with van der Waals surface area (Å²) in [7, 11) is 1.57. The van der Waals surface area contributed by atoms with Crippen LogP contribution in [0, 0.1) is 0 Å². The largest absolute Gasteiger partial charge is 0.280 e. The van der Waals surface area contributed by atoms with Crippen molar-refractivity contribution in [3.63, 3.8) is 0 Å². The summed E-state index contributed by atoms with van der Waals surface area (Å²) in [6.07, 6.45) is 7.41. The van der Waals surface area contributed by atoms with E-state index in [0.717, 1.165) is 0 Å². The Balaban J connectivity index is -0.000000175. The summed E-state index contributed by atoms with van der Waals surface area (Å²) in [5, 5.41) is 0. The summed E-state index contributed by atoms with van der Waals surface area (Å²) >= 11 is 0. The minimum absolute atomic E-state index is 1.57. The monoisotopic (exact) mass is 173 g/mol. The summed E-state index contributed by atoms with van der Waals surface area (Å²) in [5.41, 5.74) is 2.55. The summed E-state index contributed by atoms with van der Waals surface area (Å²) < 4.78 is 0. The molecule has 0 fully saturated rings. The van der Waals surface area contributed by atoms with Crippen LogP contribution in [0.2, 0.25) is 0 Å². The minimum Gasteiger partial charge on any atom is -0.280 e. The van der Waals surface area contributed by atoms with Crippen LogP contribution in [-0.4, -0.2) is 7.11 Å². The number of hydrogen-bond acceptors (Lipinski definition) is 2. The fraction of sp³-hybridized carbons (Fsp3) is 0.600. The quantitative estimate of drug-likeness (QED) is 0.522. The fourth-order valence-corrected chi connectivity index (χ4v) is 0.274. The van der Waals surface area contributed by atoms with Crippen molar-refractivity contribution in [2.24, 2.45) is 0 Å². The van der Waals surface area contributed by atoms with Crippen molar-refractivity contribution in [3.05, 3.63) is 24.4 Å². The Morgan fingerprint density at radius 3 is 1.83 bits per heavy atom. The molecule has 0 radical (unpaired) electrons. The van der Waals surface area contributed by atoms with E-state index in [1.54, 1.807) is 13.3 Å². The molecular weight excluding hydrogens is 150 g/mol. The van der Waals surface area contributed by atoms with Gasteiger partial charge in [0.15, 0.2) is 0 Å². The van der Waals surface area contributed by atoms with E-state index in [4.69, 9.17) is 0 Å². The van der Waals surface area contributed by atoms with E-state index in [9.17, 15) is 0 Å². The van der Waals surface area contributed by atoms with Crippen molar-refractivity contribution in [2.75, 3.05) is 7.11 Å². The molecule has 74 valence electrons. The van der Waals surface area contributed by atoms with Crippen LogP contribution in [0.4, 0.5) is 0 Å². The Bertz CT molecular complexity index is 87.8. The van der Waals surface area contributed by atoms with Crippen molar-refractivity contribution in [1.29, 1.82) is 0 Å². The summed E-state index contributed by atoms with van der Waals surface area (Å²) in [5.74, 6) is 0. The smallest absolute Gasteiger partial charge is 0.0636 e. The molecule has 12 heavy (non-hydrogen) atoms. The average Bonchev–Trinajstić information content (AvgIpc) is 2.19. The third kappa shape index (κ3) is 34.9. The van der Waals surface area contributed by atoms with Crippen LogP contribution in [0.5, 0.6) is 0 Å². The molecule has 2 nitrogen and oxygen atoms in total. The second-order valence-corrected chi connectivity index (χ2v) is 1.21. The minimum atomic E-state index is 1.57. The predicted molar refractivity (Wildman–Crippen MR) is 56.8 cm³/mol. The first-order chi connectivity index (χ1) is 5.91. The van der Waals surface area contributed by atoms with Gasteiger partial charge in [0, 0.05) is 6.20 Å². The van der Waals surface area contributed by atoms with Crippen LogP contribution in [0.25, 0.3) is 0 Å². The zero-order valence-electron chi connectivity index (χ0n) is 9.22. The molecule has 0 aromatic carbocycles. The number of allylic oxidation sites excluding steroid dienone is 3. The van der Waals surface area contributed by atoms with E-state index in [-0.39, 0.29) is 0 Å². The lowest BCUT2D eigenvalue weighted by molar-refractivity contribution is 0.128. The van der Waals surface area contributed by atoms with E-state index < -0.39 is 0 Å². The highest BCUT2D eigenvalue weighted by molar-refractivity contribution is 4.98. The van der Waals surface area contributed by atoms with Crippen LogP contribution in [0.1, 0.15) is 34.6 Å².